The summed E-state index contributed by atoms with van der Waals surface area (Å²) in [6.45, 7) is 8.53. The fraction of sp³-hybridized carbons (Fsp3) is 0.222. The van der Waals surface area contributed by atoms with Crippen LogP contribution in [0.15, 0.2) is 54.6 Å². The molecule has 151 valence electrons. The van der Waals surface area contributed by atoms with Crippen molar-refractivity contribution in [3.05, 3.63) is 99.1 Å². The van der Waals surface area contributed by atoms with E-state index in [0.717, 1.165) is 23.1 Å². The minimum Gasteiger partial charge on any atom is -0.507 e. The molecule has 0 saturated heterocycles. The molecule has 3 aromatic rings. The number of fused-ring (bicyclic) bond motifs is 3. The number of aryl methyl sites for hydroxylation is 1. The third kappa shape index (κ3) is 4.85. The van der Waals surface area contributed by atoms with Crippen molar-refractivity contribution in [3.63, 3.8) is 0 Å². The smallest absolute Gasteiger partial charge is 0.507 e. The maximum absolute atomic E-state index is 10.9. The maximum atomic E-state index is 10.9. The molecule has 0 fully saturated rings. The Morgan fingerprint density at radius 2 is 1.38 bits per heavy atom. The van der Waals surface area contributed by atoms with E-state index in [1.807, 2.05) is 0 Å². The van der Waals surface area contributed by atoms with Gasteiger partial charge in [-0.15, -0.1) is 0 Å². The molecular weight excluding hydrogens is 388 g/mol. The molecule has 0 saturated carbocycles. The van der Waals surface area contributed by atoms with Gasteiger partial charge >= 0.3 is 21.7 Å². The van der Waals surface area contributed by atoms with Crippen molar-refractivity contribution in [1.29, 1.82) is 0 Å². The number of rotatable bonds is 1. The van der Waals surface area contributed by atoms with Gasteiger partial charge in [0.2, 0.25) is 0 Å². The molecule has 0 spiro atoms. The van der Waals surface area contributed by atoms with Crippen LogP contribution in [0.4, 0.5) is 0 Å². The van der Waals surface area contributed by atoms with Crippen LogP contribution < -0.4 is 0 Å². The van der Waals surface area contributed by atoms with Gasteiger partial charge in [0.1, 0.15) is 5.75 Å². The van der Waals surface area contributed by atoms with E-state index in [9.17, 15) is 5.11 Å². The van der Waals surface area contributed by atoms with E-state index in [-0.39, 0.29) is 49.4 Å². The van der Waals surface area contributed by atoms with Gasteiger partial charge < -0.3 is 27.4 Å². The molecule has 0 bridgehead atoms. The number of aromatic hydroxyl groups is 1. The predicted octanol–water partition coefficient (Wildman–Crippen LogP) is 7.58. The summed E-state index contributed by atoms with van der Waals surface area (Å²) in [7, 11) is 0. The second-order valence-corrected chi connectivity index (χ2v) is 8.16. The molecule has 0 atom stereocenters. The molecule has 29 heavy (non-hydrogen) atoms. The van der Waals surface area contributed by atoms with Crippen LogP contribution in [0.1, 0.15) is 43.0 Å². The van der Waals surface area contributed by atoms with Crippen LogP contribution in [0.2, 0.25) is 0 Å². The second-order valence-electron chi connectivity index (χ2n) is 8.16. The van der Waals surface area contributed by atoms with Crippen molar-refractivity contribution < 1.29 is 26.8 Å². The molecule has 0 aromatic heterocycles. The normalized spacial score (nSPS) is 11.0. The molecule has 1 radical (unpaired) electrons. The maximum Gasteiger partial charge on any atom is 3.00 e. The summed E-state index contributed by atoms with van der Waals surface area (Å²) in [4.78, 5) is 0. The molecule has 0 amide bonds. The van der Waals surface area contributed by atoms with Gasteiger partial charge in [0.05, 0.1) is 0 Å². The fourth-order valence-electron chi connectivity index (χ4n) is 3.88. The Morgan fingerprint density at radius 3 is 2.03 bits per heavy atom. The fourth-order valence-corrected chi connectivity index (χ4v) is 3.88. The molecule has 1 N–H and O–H groups in total. The summed E-state index contributed by atoms with van der Waals surface area (Å²) >= 11 is 0. The molecule has 1 nitrogen and oxygen atoms in total. The van der Waals surface area contributed by atoms with Gasteiger partial charge in [-0.05, 0) is 58.2 Å². The first-order valence-electron chi connectivity index (χ1n) is 8.90. The monoisotopic (exact) mass is 421 g/mol. The van der Waals surface area contributed by atoms with Crippen molar-refractivity contribution >= 4 is 0 Å². The first kappa shape index (κ1) is 27.2. The summed E-state index contributed by atoms with van der Waals surface area (Å²) < 4.78 is 0. The van der Waals surface area contributed by atoms with Crippen LogP contribution >= 0.6 is 0 Å². The molecular formula is C27H33OTi. The van der Waals surface area contributed by atoms with Gasteiger partial charge in [0, 0.05) is 11.1 Å². The standard InChI is InChI=1S/C24H24O.3CH3.Ti/c1-15-11-21(23(25)22(12-15)24(2,3)4)17-9-10-20-18(14-17)13-16-7-5-6-8-19(16)20;;;;/h5-12,14,25H,13H2,1-4H3;3*1H3;/q;3*-1;+3. The van der Waals surface area contributed by atoms with E-state index < -0.39 is 0 Å². The number of hydrogen-bond acceptors (Lipinski definition) is 1. The molecule has 0 aliphatic heterocycles. The average molecular weight is 421 g/mol. The van der Waals surface area contributed by atoms with Crippen molar-refractivity contribution in [2.45, 2.75) is 39.5 Å². The van der Waals surface area contributed by atoms with Gasteiger partial charge in [-0.3, -0.25) is 0 Å². The Balaban J connectivity index is 0.00000196. The third-order valence-corrected chi connectivity index (χ3v) is 5.17. The quantitative estimate of drug-likeness (QED) is 0.248. The van der Waals surface area contributed by atoms with Crippen LogP contribution in [0.25, 0.3) is 22.3 Å². The average Bonchev–Trinajstić information content (AvgIpc) is 2.93. The van der Waals surface area contributed by atoms with Crippen LogP contribution in [0.3, 0.4) is 0 Å². The second kappa shape index (κ2) is 9.78. The van der Waals surface area contributed by atoms with E-state index in [2.05, 4.69) is 82.3 Å². The van der Waals surface area contributed by atoms with Crippen LogP contribution in [0.5, 0.6) is 5.75 Å². The molecule has 2 heteroatoms. The van der Waals surface area contributed by atoms with Gasteiger partial charge in [0.25, 0.3) is 0 Å². The Kier molecular flexibility index (Phi) is 9.17. The Labute approximate surface area is 193 Å². The Hall–Kier alpha value is -1.83. The van der Waals surface area contributed by atoms with Crippen LogP contribution in [-0.2, 0) is 33.6 Å². The largest absolute Gasteiger partial charge is 3.00 e. The molecule has 0 unspecified atom stereocenters. The zero-order chi connectivity index (χ0) is 17.8. The molecule has 3 aromatic carbocycles. The summed E-state index contributed by atoms with van der Waals surface area (Å²) in [6, 6.07) is 19.4. The van der Waals surface area contributed by atoms with Gasteiger partial charge in [0.15, 0.2) is 0 Å². The van der Waals surface area contributed by atoms with E-state index >= 15 is 0 Å². The SMILES string of the molecule is Cc1cc(-c2ccc3c(c2)Cc2ccccc2-3)c(O)c(C(C)(C)C)c1.[CH3-].[CH3-].[CH3-].[Ti+3]. The molecule has 1 aliphatic rings. The van der Waals surface area contributed by atoms with E-state index in [4.69, 9.17) is 0 Å². The first-order valence-corrected chi connectivity index (χ1v) is 8.90. The summed E-state index contributed by atoms with van der Waals surface area (Å²) in [5.41, 5.74) is 9.53. The van der Waals surface area contributed by atoms with Crippen molar-refractivity contribution in [2.75, 3.05) is 0 Å². The minimum absolute atomic E-state index is 0. The zero-order valence-corrected chi connectivity index (χ0v) is 20.4. The minimum atomic E-state index is -0.0855. The summed E-state index contributed by atoms with van der Waals surface area (Å²) in [5.74, 6) is 0.411. The van der Waals surface area contributed by atoms with E-state index in [0.29, 0.717) is 5.75 Å². The number of phenols is 1. The Bertz CT molecular complexity index is 980. The van der Waals surface area contributed by atoms with Crippen LogP contribution in [-0.4, -0.2) is 5.11 Å². The van der Waals surface area contributed by atoms with Crippen LogP contribution in [0, 0.1) is 29.2 Å². The summed E-state index contributed by atoms with van der Waals surface area (Å²) in [5, 5.41) is 10.9. The van der Waals surface area contributed by atoms with Crippen molar-refractivity contribution in [3.8, 4) is 28.0 Å². The number of hydrogen-bond donors (Lipinski definition) is 1. The first-order chi connectivity index (χ1) is 11.8. The topological polar surface area (TPSA) is 20.2 Å². The predicted molar refractivity (Wildman–Crippen MR) is 124 cm³/mol. The van der Waals surface area contributed by atoms with Crippen molar-refractivity contribution in [2.24, 2.45) is 0 Å². The van der Waals surface area contributed by atoms with E-state index in [1.165, 1.54) is 27.8 Å². The van der Waals surface area contributed by atoms with Gasteiger partial charge in [-0.1, -0.05) is 69.3 Å². The van der Waals surface area contributed by atoms with Crippen molar-refractivity contribution in [1.82, 2.24) is 0 Å². The third-order valence-electron chi connectivity index (χ3n) is 5.17. The zero-order valence-electron chi connectivity index (χ0n) is 18.9. The number of phenolic OH excluding ortho intramolecular Hbond substituents is 1. The van der Waals surface area contributed by atoms with E-state index in [1.54, 1.807) is 0 Å². The Morgan fingerprint density at radius 1 is 0.759 bits per heavy atom. The van der Waals surface area contributed by atoms with Gasteiger partial charge in [-0.25, -0.2) is 0 Å². The number of benzene rings is 3. The van der Waals surface area contributed by atoms with Gasteiger partial charge in [-0.2, -0.15) is 0 Å². The molecule has 0 heterocycles. The summed E-state index contributed by atoms with van der Waals surface area (Å²) in [6.07, 6.45) is 0.970. The molecule has 4 rings (SSSR count). The molecule has 1 aliphatic carbocycles.